The summed E-state index contributed by atoms with van der Waals surface area (Å²) in [4.78, 5) is 23.7. The summed E-state index contributed by atoms with van der Waals surface area (Å²) in [5, 5.41) is 0.531. The molecule has 0 radical (unpaired) electrons. The van der Waals surface area contributed by atoms with E-state index >= 15 is 0 Å². The molecule has 0 spiro atoms. The number of ketones is 1. The number of benzene rings is 2. The summed E-state index contributed by atoms with van der Waals surface area (Å²) in [6.07, 6.45) is 2.77. The first-order valence-electron chi connectivity index (χ1n) is 7.39. The lowest BCUT2D eigenvalue weighted by Crippen LogP contribution is -2.12. The predicted octanol–water partition coefficient (Wildman–Crippen LogP) is 3.80. The van der Waals surface area contributed by atoms with Crippen molar-refractivity contribution in [3.05, 3.63) is 64.7 Å². The molecule has 0 amide bonds. The third-order valence-electron chi connectivity index (χ3n) is 3.35. The minimum absolute atomic E-state index is 0.308. The number of Topliss-reactive ketones (excluding diaryl/α,β-unsaturated/α-hetero) is 1. The molecule has 0 aliphatic carbocycles. The molecule has 0 aromatic heterocycles. The smallest absolute Gasteiger partial charge is 0.331 e. The lowest BCUT2D eigenvalue weighted by Gasteiger charge is -2.07. The molecule has 2 aromatic carbocycles. The van der Waals surface area contributed by atoms with E-state index in [1.807, 2.05) is 0 Å². The number of hydrogen-bond donors (Lipinski definition) is 0. The van der Waals surface area contributed by atoms with Gasteiger partial charge in [0.2, 0.25) is 0 Å². The number of carbonyl (C=O) groups excluding carboxylic acids is 2. The fourth-order valence-electron chi connectivity index (χ4n) is 2.03. The fraction of sp³-hybridized carbons (Fsp3) is 0.158. The van der Waals surface area contributed by atoms with Gasteiger partial charge in [0.05, 0.1) is 14.2 Å². The molecule has 25 heavy (non-hydrogen) atoms. The van der Waals surface area contributed by atoms with Crippen LogP contribution < -0.4 is 9.47 Å². The van der Waals surface area contributed by atoms with Crippen LogP contribution >= 0.6 is 11.6 Å². The Kier molecular flexibility index (Phi) is 6.60. The number of hydrogen-bond acceptors (Lipinski definition) is 5. The quantitative estimate of drug-likeness (QED) is 0.427. The first-order chi connectivity index (χ1) is 12.0. The van der Waals surface area contributed by atoms with Crippen LogP contribution in [0.4, 0.5) is 0 Å². The van der Waals surface area contributed by atoms with Crippen LogP contribution in [0, 0.1) is 0 Å². The van der Waals surface area contributed by atoms with Crippen molar-refractivity contribution in [2.24, 2.45) is 0 Å². The Hall–Kier alpha value is -2.79. The van der Waals surface area contributed by atoms with Gasteiger partial charge in [-0.2, -0.15) is 0 Å². The van der Waals surface area contributed by atoms with E-state index in [2.05, 4.69) is 0 Å². The van der Waals surface area contributed by atoms with Crippen molar-refractivity contribution < 1.29 is 23.8 Å². The largest absolute Gasteiger partial charge is 0.497 e. The zero-order valence-corrected chi connectivity index (χ0v) is 14.6. The Morgan fingerprint density at radius 1 is 1.04 bits per heavy atom. The minimum atomic E-state index is -0.632. The molecule has 2 rings (SSSR count). The molecule has 0 atom stereocenters. The molecule has 0 aliphatic rings. The lowest BCUT2D eigenvalue weighted by atomic mass is 10.1. The first kappa shape index (κ1) is 18.5. The summed E-state index contributed by atoms with van der Waals surface area (Å²) in [7, 11) is 3.08. The van der Waals surface area contributed by atoms with Crippen molar-refractivity contribution in [2.45, 2.75) is 0 Å². The van der Waals surface area contributed by atoms with Crippen molar-refractivity contribution in [1.82, 2.24) is 0 Å². The third-order valence-corrected chi connectivity index (χ3v) is 3.60. The number of halogens is 1. The molecule has 0 fully saturated rings. The Labute approximate surface area is 150 Å². The maximum Gasteiger partial charge on any atom is 0.331 e. The molecule has 0 saturated heterocycles. The van der Waals surface area contributed by atoms with E-state index < -0.39 is 5.97 Å². The fourth-order valence-corrected chi connectivity index (χ4v) is 2.16. The number of rotatable bonds is 7. The van der Waals surface area contributed by atoms with E-state index in [-0.39, 0.29) is 12.4 Å². The van der Waals surface area contributed by atoms with Gasteiger partial charge in [-0.1, -0.05) is 11.6 Å². The van der Waals surface area contributed by atoms with Crippen LogP contribution in [0.1, 0.15) is 15.9 Å². The van der Waals surface area contributed by atoms with Crippen LogP contribution in [-0.4, -0.2) is 32.6 Å². The predicted molar refractivity (Wildman–Crippen MR) is 95.3 cm³/mol. The second-order valence-corrected chi connectivity index (χ2v) is 5.42. The number of ether oxygens (including phenoxy) is 3. The van der Waals surface area contributed by atoms with Crippen molar-refractivity contribution in [1.29, 1.82) is 0 Å². The van der Waals surface area contributed by atoms with Crippen LogP contribution in [0.3, 0.4) is 0 Å². The van der Waals surface area contributed by atoms with Gasteiger partial charge >= 0.3 is 5.97 Å². The molecule has 5 nitrogen and oxygen atoms in total. The van der Waals surface area contributed by atoms with Crippen LogP contribution in [0.5, 0.6) is 11.5 Å². The summed E-state index contributed by atoms with van der Waals surface area (Å²) in [5.74, 6) is 0.276. The lowest BCUT2D eigenvalue weighted by molar-refractivity contribution is -0.136. The molecule has 0 saturated carbocycles. The highest BCUT2D eigenvalue weighted by atomic mass is 35.5. The second-order valence-electron chi connectivity index (χ2n) is 4.98. The Morgan fingerprint density at radius 3 is 2.40 bits per heavy atom. The molecular weight excluding hydrogens is 344 g/mol. The summed E-state index contributed by atoms with van der Waals surface area (Å²) in [6, 6.07) is 11.6. The Morgan fingerprint density at radius 2 is 1.76 bits per heavy atom. The standard InChI is InChI=1S/C19H17ClO5/c1-23-16-8-9-18(24-2)14(11-16)5-10-19(22)25-12-17(21)13-3-6-15(20)7-4-13/h3-11H,12H2,1-2H3/b10-5+. The van der Waals surface area contributed by atoms with Crippen molar-refractivity contribution in [2.75, 3.05) is 20.8 Å². The maximum absolute atomic E-state index is 11.9. The third kappa shape index (κ3) is 5.36. The normalized spacial score (nSPS) is 10.5. The highest BCUT2D eigenvalue weighted by Crippen LogP contribution is 2.25. The SMILES string of the molecule is COc1ccc(OC)c(/C=C/C(=O)OCC(=O)c2ccc(Cl)cc2)c1. The van der Waals surface area contributed by atoms with Gasteiger partial charge in [-0.3, -0.25) is 4.79 Å². The first-order valence-corrected chi connectivity index (χ1v) is 7.77. The van der Waals surface area contributed by atoms with Gasteiger partial charge in [0.15, 0.2) is 12.4 Å². The molecule has 0 bridgehead atoms. The Balaban J connectivity index is 1.97. The van der Waals surface area contributed by atoms with Gasteiger partial charge in [-0.05, 0) is 48.5 Å². The van der Waals surface area contributed by atoms with Gasteiger partial charge < -0.3 is 14.2 Å². The van der Waals surface area contributed by atoms with E-state index in [1.165, 1.54) is 19.3 Å². The van der Waals surface area contributed by atoms with E-state index in [4.69, 9.17) is 25.8 Å². The second kappa shape index (κ2) is 8.89. The summed E-state index contributed by atoms with van der Waals surface area (Å²) in [6.45, 7) is -0.347. The number of esters is 1. The van der Waals surface area contributed by atoms with Gasteiger partial charge in [-0.25, -0.2) is 4.79 Å². The summed E-state index contributed by atoms with van der Waals surface area (Å²) < 4.78 is 15.3. The summed E-state index contributed by atoms with van der Waals surface area (Å²) >= 11 is 5.76. The average Bonchev–Trinajstić information content (AvgIpc) is 2.64. The molecule has 0 N–H and O–H groups in total. The van der Waals surface area contributed by atoms with Crippen molar-refractivity contribution in [3.63, 3.8) is 0 Å². The molecule has 0 heterocycles. The van der Waals surface area contributed by atoms with E-state index in [9.17, 15) is 9.59 Å². The van der Waals surface area contributed by atoms with Gasteiger partial charge in [0.1, 0.15) is 11.5 Å². The maximum atomic E-state index is 11.9. The molecule has 6 heteroatoms. The zero-order chi connectivity index (χ0) is 18.2. The zero-order valence-electron chi connectivity index (χ0n) is 13.8. The van der Waals surface area contributed by atoms with E-state index in [0.717, 1.165) is 0 Å². The monoisotopic (exact) mass is 360 g/mol. The minimum Gasteiger partial charge on any atom is -0.497 e. The van der Waals surface area contributed by atoms with E-state index in [0.29, 0.717) is 27.6 Å². The molecule has 130 valence electrons. The van der Waals surface area contributed by atoms with Crippen molar-refractivity contribution in [3.8, 4) is 11.5 Å². The molecule has 0 unspecified atom stereocenters. The van der Waals surface area contributed by atoms with Crippen LogP contribution in [0.2, 0.25) is 5.02 Å². The Bertz CT molecular complexity index is 781. The van der Waals surface area contributed by atoms with Crippen molar-refractivity contribution >= 4 is 29.4 Å². The molecule has 0 aliphatic heterocycles. The van der Waals surface area contributed by atoms with Crippen LogP contribution in [0.15, 0.2) is 48.5 Å². The summed E-state index contributed by atoms with van der Waals surface area (Å²) in [5.41, 5.74) is 1.08. The highest BCUT2D eigenvalue weighted by molar-refractivity contribution is 6.30. The van der Waals surface area contributed by atoms with Gasteiger partial charge in [-0.15, -0.1) is 0 Å². The average molecular weight is 361 g/mol. The topological polar surface area (TPSA) is 61.8 Å². The van der Waals surface area contributed by atoms with E-state index in [1.54, 1.807) is 49.6 Å². The van der Waals surface area contributed by atoms with Crippen LogP contribution in [-0.2, 0) is 9.53 Å². The van der Waals surface area contributed by atoms with Gasteiger partial charge in [0, 0.05) is 22.2 Å². The number of carbonyl (C=O) groups is 2. The number of methoxy groups -OCH3 is 2. The molecule has 2 aromatic rings. The molecular formula is C19H17ClO5. The highest BCUT2D eigenvalue weighted by Gasteiger charge is 2.09. The van der Waals surface area contributed by atoms with Gasteiger partial charge in [0.25, 0.3) is 0 Å². The van der Waals surface area contributed by atoms with Crippen LogP contribution in [0.25, 0.3) is 6.08 Å².